The van der Waals surface area contributed by atoms with Gasteiger partial charge in [0, 0.05) is 17.7 Å². The molecule has 0 aliphatic rings. The summed E-state index contributed by atoms with van der Waals surface area (Å²) in [5.74, 6) is 0.298. The van der Waals surface area contributed by atoms with Crippen molar-refractivity contribution >= 4 is 56.5 Å². The number of aryl methyl sites for hydroxylation is 1. The molecule has 0 aliphatic heterocycles. The number of nitrogens with one attached hydrogen (secondary N) is 3. The van der Waals surface area contributed by atoms with Crippen molar-refractivity contribution in [1.29, 1.82) is 0 Å². The lowest BCUT2D eigenvalue weighted by Gasteiger charge is -2.07. The molecule has 3 rings (SSSR count). The number of thiol groups is 1. The van der Waals surface area contributed by atoms with Crippen molar-refractivity contribution in [1.82, 2.24) is 10.3 Å². The second-order valence-electron chi connectivity index (χ2n) is 5.37. The number of hydrogen-bond donors (Lipinski definition) is 4. The van der Waals surface area contributed by atoms with Crippen LogP contribution in [0, 0.1) is 6.92 Å². The molecule has 0 unspecified atom stereocenters. The molecule has 0 bridgehead atoms. The third-order valence-electron chi connectivity index (χ3n) is 3.72. The van der Waals surface area contributed by atoms with Gasteiger partial charge in [-0.25, -0.2) is 8.42 Å². The number of carbonyl (C=O) groups is 1. The number of fused-ring (bicyclic) bond motifs is 1. The van der Waals surface area contributed by atoms with Gasteiger partial charge in [-0.05, 0) is 30.0 Å². The first-order chi connectivity index (χ1) is 11.9. The standard InChI is InChI=1S/C16H17N3O3S3/c1-10-11-4-2-5-12(19-25(21,22)13-6-3-9-24-13)15(11)18-14(10)16(20)17-7-8-23/h2-6,9,18-19,23H,7-8H2,1H3,(H,17,20). The Morgan fingerprint density at radius 3 is 2.76 bits per heavy atom. The predicted molar refractivity (Wildman–Crippen MR) is 104 cm³/mol. The zero-order valence-electron chi connectivity index (χ0n) is 13.4. The Labute approximate surface area is 155 Å². The fraction of sp³-hybridized carbons (Fsp3) is 0.188. The van der Waals surface area contributed by atoms with Crippen molar-refractivity contribution < 1.29 is 13.2 Å². The molecule has 0 atom stereocenters. The first kappa shape index (κ1) is 17.8. The maximum atomic E-state index is 12.5. The summed E-state index contributed by atoms with van der Waals surface area (Å²) in [6.45, 7) is 2.28. The zero-order valence-corrected chi connectivity index (χ0v) is 15.9. The van der Waals surface area contributed by atoms with Crippen LogP contribution in [0.3, 0.4) is 0 Å². The SMILES string of the molecule is Cc1c(C(=O)NCCS)[nH]c2c(NS(=O)(=O)c3cccs3)cccc12. The minimum atomic E-state index is -3.66. The van der Waals surface area contributed by atoms with Crippen molar-refractivity contribution in [2.75, 3.05) is 17.0 Å². The summed E-state index contributed by atoms with van der Waals surface area (Å²) in [4.78, 5) is 15.3. The minimum absolute atomic E-state index is 0.236. The van der Waals surface area contributed by atoms with Crippen molar-refractivity contribution in [3.63, 3.8) is 0 Å². The average molecular weight is 396 g/mol. The third kappa shape index (κ3) is 3.53. The minimum Gasteiger partial charge on any atom is -0.350 e. The molecule has 3 N–H and O–H groups in total. The molecule has 0 saturated heterocycles. The number of benzene rings is 1. The molecule has 0 spiro atoms. The smallest absolute Gasteiger partial charge is 0.271 e. The number of rotatable bonds is 6. The highest BCUT2D eigenvalue weighted by Gasteiger charge is 2.20. The van der Waals surface area contributed by atoms with Gasteiger partial charge in [0.25, 0.3) is 15.9 Å². The van der Waals surface area contributed by atoms with Crippen LogP contribution in [0.2, 0.25) is 0 Å². The summed E-state index contributed by atoms with van der Waals surface area (Å²) in [5, 5.41) is 5.26. The van der Waals surface area contributed by atoms with Crippen LogP contribution in [0.1, 0.15) is 16.1 Å². The van der Waals surface area contributed by atoms with Crippen LogP contribution < -0.4 is 10.0 Å². The van der Waals surface area contributed by atoms with Crippen LogP contribution >= 0.6 is 24.0 Å². The molecule has 6 nitrogen and oxygen atoms in total. The molecular formula is C16H17N3O3S3. The van der Waals surface area contributed by atoms with Crippen LogP contribution in [0.15, 0.2) is 39.9 Å². The summed E-state index contributed by atoms with van der Waals surface area (Å²) < 4.78 is 27.8. The van der Waals surface area contributed by atoms with Crippen LogP contribution in [0.5, 0.6) is 0 Å². The van der Waals surface area contributed by atoms with Crippen LogP contribution in [-0.2, 0) is 10.0 Å². The lowest BCUT2D eigenvalue weighted by Crippen LogP contribution is -2.26. The molecule has 132 valence electrons. The second kappa shape index (κ2) is 7.11. The van der Waals surface area contributed by atoms with Gasteiger partial charge in [-0.3, -0.25) is 9.52 Å². The Bertz CT molecular complexity index is 1010. The number of carbonyl (C=O) groups excluding carboxylic acids is 1. The molecule has 3 aromatic rings. The lowest BCUT2D eigenvalue weighted by molar-refractivity contribution is 0.0951. The van der Waals surface area contributed by atoms with Crippen molar-refractivity contribution in [3.8, 4) is 0 Å². The van der Waals surface area contributed by atoms with E-state index in [2.05, 4.69) is 27.7 Å². The van der Waals surface area contributed by atoms with Gasteiger partial charge < -0.3 is 10.3 Å². The first-order valence-corrected chi connectivity index (χ1v) is 10.5. The molecule has 1 amide bonds. The monoisotopic (exact) mass is 395 g/mol. The normalized spacial score (nSPS) is 11.6. The molecule has 0 saturated carbocycles. The largest absolute Gasteiger partial charge is 0.350 e. The Hall–Kier alpha value is -1.97. The number of H-pyrrole nitrogens is 1. The number of anilines is 1. The summed E-state index contributed by atoms with van der Waals surface area (Å²) in [6.07, 6.45) is 0. The van der Waals surface area contributed by atoms with Gasteiger partial charge in [0.15, 0.2) is 0 Å². The van der Waals surface area contributed by atoms with E-state index >= 15 is 0 Å². The van der Waals surface area contributed by atoms with E-state index in [0.717, 1.165) is 22.3 Å². The lowest BCUT2D eigenvalue weighted by atomic mass is 10.1. The Kier molecular flexibility index (Phi) is 5.07. The van der Waals surface area contributed by atoms with E-state index in [1.54, 1.807) is 29.6 Å². The van der Waals surface area contributed by atoms with Gasteiger partial charge in [-0.15, -0.1) is 11.3 Å². The topological polar surface area (TPSA) is 91.1 Å². The van der Waals surface area contributed by atoms with Gasteiger partial charge in [0.05, 0.1) is 11.2 Å². The molecule has 25 heavy (non-hydrogen) atoms. The van der Waals surface area contributed by atoms with Crippen molar-refractivity contribution in [2.24, 2.45) is 0 Å². The number of sulfonamides is 1. The summed E-state index contributed by atoms with van der Waals surface area (Å²) in [7, 11) is -3.66. The first-order valence-electron chi connectivity index (χ1n) is 7.50. The summed E-state index contributed by atoms with van der Waals surface area (Å²) in [5.41, 5.74) is 2.17. The van der Waals surface area contributed by atoms with Crippen LogP contribution in [-0.4, -0.2) is 31.6 Å². The average Bonchev–Trinajstić information content (AvgIpc) is 3.22. The highest BCUT2D eigenvalue weighted by Crippen LogP contribution is 2.30. The van der Waals surface area contributed by atoms with Gasteiger partial charge in [0.2, 0.25) is 0 Å². The predicted octanol–water partition coefficient (Wildman–Crippen LogP) is 3.00. The number of thiophene rings is 1. The maximum absolute atomic E-state index is 12.5. The number of aromatic nitrogens is 1. The van der Waals surface area contributed by atoms with Crippen molar-refractivity contribution in [3.05, 3.63) is 47.0 Å². The van der Waals surface area contributed by atoms with E-state index in [-0.39, 0.29) is 10.1 Å². The van der Waals surface area contributed by atoms with Gasteiger partial charge in [-0.1, -0.05) is 18.2 Å². The third-order valence-corrected chi connectivity index (χ3v) is 6.71. The Balaban J connectivity index is 2.01. The fourth-order valence-corrected chi connectivity index (χ4v) is 4.71. The number of aromatic amines is 1. The number of hydrogen-bond acceptors (Lipinski definition) is 5. The van der Waals surface area contributed by atoms with E-state index in [1.807, 2.05) is 13.0 Å². The van der Waals surface area contributed by atoms with Crippen LogP contribution in [0.4, 0.5) is 5.69 Å². The number of amides is 1. The van der Waals surface area contributed by atoms with Gasteiger partial charge >= 0.3 is 0 Å². The molecular weight excluding hydrogens is 378 g/mol. The highest BCUT2D eigenvalue weighted by molar-refractivity contribution is 7.94. The van der Waals surface area contributed by atoms with Gasteiger partial charge in [0.1, 0.15) is 9.90 Å². The van der Waals surface area contributed by atoms with E-state index in [4.69, 9.17) is 0 Å². The Morgan fingerprint density at radius 1 is 1.28 bits per heavy atom. The van der Waals surface area contributed by atoms with E-state index in [0.29, 0.717) is 29.2 Å². The zero-order chi connectivity index (χ0) is 18.0. The fourth-order valence-electron chi connectivity index (χ4n) is 2.53. The highest BCUT2D eigenvalue weighted by atomic mass is 32.2. The molecule has 2 heterocycles. The van der Waals surface area contributed by atoms with E-state index < -0.39 is 10.0 Å². The molecule has 9 heteroatoms. The maximum Gasteiger partial charge on any atom is 0.271 e. The second-order valence-corrected chi connectivity index (χ2v) is 8.67. The van der Waals surface area contributed by atoms with E-state index in [1.165, 1.54) is 0 Å². The summed E-state index contributed by atoms with van der Waals surface area (Å²) in [6, 6.07) is 8.50. The van der Waals surface area contributed by atoms with Crippen LogP contribution in [0.25, 0.3) is 10.9 Å². The molecule has 1 aromatic carbocycles. The Morgan fingerprint density at radius 2 is 2.08 bits per heavy atom. The quantitative estimate of drug-likeness (QED) is 0.484. The van der Waals surface area contributed by atoms with E-state index in [9.17, 15) is 13.2 Å². The number of para-hydroxylation sites is 1. The summed E-state index contributed by atoms with van der Waals surface area (Å²) >= 11 is 5.22. The molecule has 0 radical (unpaired) electrons. The molecule has 0 fully saturated rings. The van der Waals surface area contributed by atoms with Gasteiger partial charge in [-0.2, -0.15) is 12.6 Å². The molecule has 0 aliphatic carbocycles. The van der Waals surface area contributed by atoms with Crippen molar-refractivity contribution in [2.45, 2.75) is 11.1 Å². The molecule has 2 aromatic heterocycles.